The van der Waals surface area contributed by atoms with Crippen molar-refractivity contribution in [2.75, 3.05) is 37.5 Å². The fraction of sp³-hybridized carbons (Fsp3) is 0.125. The molecule has 0 amide bonds. The van der Waals surface area contributed by atoms with Crippen molar-refractivity contribution in [3.8, 4) is 0 Å². The van der Waals surface area contributed by atoms with Crippen LogP contribution >= 0.6 is 70.6 Å². The highest BCUT2D eigenvalue weighted by Crippen LogP contribution is 2.61. The van der Waals surface area contributed by atoms with E-state index in [-0.39, 0.29) is 0 Å². The predicted molar refractivity (Wildman–Crippen MR) is 254 cm³/mol. The Hall–Kier alpha value is -3.36. The van der Waals surface area contributed by atoms with Gasteiger partial charge in [0.05, 0.1) is 0 Å². The molecule has 0 spiro atoms. The molecule has 0 nitrogen and oxygen atoms in total. The van der Waals surface area contributed by atoms with E-state index in [0.29, 0.717) is 0 Å². The fourth-order valence-electron chi connectivity index (χ4n) is 10.8. The van der Waals surface area contributed by atoms with E-state index in [1.165, 1.54) is 159 Å². The van der Waals surface area contributed by atoms with Gasteiger partial charge in [0.15, 0.2) is 0 Å². The maximum Gasteiger partial charge on any atom is 0.00819 e. The average molecular weight is 799 g/mol. The second kappa shape index (κ2) is 10.7. The predicted octanol–water partition coefficient (Wildman–Crippen LogP) is 16.5. The normalized spacial score (nSPS) is 13.4. The van der Waals surface area contributed by atoms with Crippen LogP contribution in [0.3, 0.4) is 0 Å². The lowest BCUT2D eigenvalue weighted by molar-refractivity contribution is 1.51. The molecular formula is C48H30S6. The van der Waals surface area contributed by atoms with Gasteiger partial charge < -0.3 is 0 Å². The summed E-state index contributed by atoms with van der Waals surface area (Å²) in [7, 11) is 0. The minimum atomic E-state index is 1.33. The first-order valence-electron chi connectivity index (χ1n) is 18.1. The molecule has 0 unspecified atom stereocenters. The monoisotopic (exact) mass is 798 g/mol. The Kier molecular flexibility index (Phi) is 6.32. The molecule has 0 aromatic heterocycles. The molecule has 0 saturated carbocycles. The molecular weight excluding hydrogens is 769 g/mol. The molecule has 0 bridgehead atoms. The Balaban J connectivity index is 1.54. The zero-order valence-electron chi connectivity index (χ0n) is 30.4. The Morgan fingerprint density at radius 3 is 0.389 bits per heavy atom. The molecule has 0 fully saturated rings. The highest BCUT2D eigenvalue weighted by atomic mass is 32.2. The SMILES string of the molecule is CSc1cc2c3cc(SC)cc4c5cc(SC)cc6c7cc(SC)cc8c9cc(SC)cc%10c%11cc(SC)cc%12c(c1)c2c1c(c34)c(c56)c(c78)c(c%109)c1c%12%11. The van der Waals surface area contributed by atoms with Crippen LogP contribution < -0.4 is 0 Å². The first-order chi connectivity index (χ1) is 26.5. The summed E-state index contributed by atoms with van der Waals surface area (Å²) in [6.45, 7) is 0. The van der Waals surface area contributed by atoms with Gasteiger partial charge in [-0.15, -0.1) is 70.6 Å². The van der Waals surface area contributed by atoms with Crippen LogP contribution in [0, 0.1) is 0 Å². The molecule has 13 aromatic rings. The zero-order valence-corrected chi connectivity index (χ0v) is 35.3. The number of hydrogen-bond donors (Lipinski definition) is 0. The molecule has 13 rings (SSSR count). The molecule has 0 N–H and O–H groups in total. The molecule has 13 aromatic carbocycles. The van der Waals surface area contributed by atoms with Crippen molar-refractivity contribution in [3.05, 3.63) is 72.8 Å². The van der Waals surface area contributed by atoms with Crippen LogP contribution in [0.4, 0.5) is 0 Å². The average Bonchev–Trinajstić information content (AvgIpc) is 3.22. The minimum Gasteiger partial charge on any atom is -0.130 e. The highest BCUT2D eigenvalue weighted by molar-refractivity contribution is 7.99. The number of thioether (sulfide) groups is 6. The van der Waals surface area contributed by atoms with Crippen LogP contribution in [0.15, 0.2) is 102 Å². The quantitative estimate of drug-likeness (QED) is 0.0927. The van der Waals surface area contributed by atoms with Crippen LogP contribution in [-0.4, -0.2) is 37.5 Å². The van der Waals surface area contributed by atoms with Gasteiger partial charge in [-0.1, -0.05) is 0 Å². The fourth-order valence-corrected chi connectivity index (χ4v) is 13.6. The van der Waals surface area contributed by atoms with Gasteiger partial charge in [-0.3, -0.25) is 0 Å². The van der Waals surface area contributed by atoms with Crippen molar-refractivity contribution < 1.29 is 0 Å². The summed E-state index contributed by atoms with van der Waals surface area (Å²) in [4.78, 5) is 7.98. The van der Waals surface area contributed by atoms with Gasteiger partial charge in [0.1, 0.15) is 0 Å². The van der Waals surface area contributed by atoms with E-state index in [1.54, 1.807) is 0 Å². The number of hydrogen-bond acceptors (Lipinski definition) is 6. The molecule has 0 aliphatic rings. The lowest BCUT2D eigenvalue weighted by Crippen LogP contribution is -2.01. The molecule has 0 aliphatic heterocycles. The van der Waals surface area contributed by atoms with Crippen LogP contribution in [0.2, 0.25) is 0 Å². The van der Waals surface area contributed by atoms with Gasteiger partial charge in [-0.25, -0.2) is 0 Å². The Labute approximate surface area is 336 Å². The molecule has 0 atom stereocenters. The van der Waals surface area contributed by atoms with E-state index < -0.39 is 0 Å². The highest BCUT2D eigenvalue weighted by Gasteiger charge is 2.32. The Morgan fingerprint density at radius 2 is 0.296 bits per heavy atom. The summed E-state index contributed by atoms with van der Waals surface area (Å²) in [5.41, 5.74) is 0. The van der Waals surface area contributed by atoms with E-state index in [0.717, 1.165) is 0 Å². The molecule has 6 heteroatoms. The van der Waals surface area contributed by atoms with Gasteiger partial charge in [-0.05, 0) is 240 Å². The van der Waals surface area contributed by atoms with E-state index in [9.17, 15) is 0 Å². The van der Waals surface area contributed by atoms with E-state index in [2.05, 4.69) is 110 Å². The van der Waals surface area contributed by atoms with Gasteiger partial charge in [0.25, 0.3) is 0 Å². The first-order valence-corrected chi connectivity index (χ1v) is 25.5. The van der Waals surface area contributed by atoms with Gasteiger partial charge in [0, 0.05) is 29.4 Å². The zero-order chi connectivity index (χ0) is 36.0. The standard InChI is InChI=1S/C48H30S6/c1-49-19-7-25-27-9-20(50-2)11-29-31-13-22(52-4)15-33-35-17-24(54-6)18-36-34-16-23(53-5)14-32-30-12-21(51-3)10-28-26(8-19)37(25)43-44(38(27)29)46(40(31)33)48(42(35)36)47(41(32)34)45(43)39(28)30/h7-18H,1-6H3. The maximum atomic E-state index is 2.51. The Morgan fingerprint density at radius 1 is 0.185 bits per heavy atom. The molecule has 0 aliphatic carbocycles. The van der Waals surface area contributed by atoms with Crippen molar-refractivity contribution in [1.29, 1.82) is 0 Å². The largest absolute Gasteiger partial charge is 0.130 e. The third kappa shape index (κ3) is 3.54. The summed E-state index contributed by atoms with van der Waals surface area (Å²) < 4.78 is 0. The molecule has 258 valence electrons. The van der Waals surface area contributed by atoms with Crippen molar-refractivity contribution in [1.82, 2.24) is 0 Å². The molecule has 54 heavy (non-hydrogen) atoms. The summed E-state index contributed by atoms with van der Waals surface area (Å²) in [5.74, 6) is 0. The molecule has 0 heterocycles. The van der Waals surface area contributed by atoms with Crippen molar-refractivity contribution >= 4 is 200 Å². The first kappa shape index (κ1) is 31.8. The summed E-state index contributed by atoms with van der Waals surface area (Å²) >= 11 is 11.2. The third-order valence-electron chi connectivity index (χ3n) is 12.8. The van der Waals surface area contributed by atoms with E-state index in [1.807, 2.05) is 70.6 Å². The van der Waals surface area contributed by atoms with E-state index in [4.69, 9.17) is 0 Å². The third-order valence-corrected chi connectivity index (χ3v) is 17.1. The van der Waals surface area contributed by atoms with Crippen LogP contribution in [0.1, 0.15) is 0 Å². The molecule has 0 radical (unpaired) electrons. The van der Waals surface area contributed by atoms with Gasteiger partial charge in [-0.2, -0.15) is 0 Å². The minimum absolute atomic E-state index is 1.33. The lowest BCUT2D eigenvalue weighted by atomic mass is 9.73. The summed E-state index contributed by atoms with van der Waals surface area (Å²) in [6.07, 6.45) is 13.4. The summed E-state index contributed by atoms with van der Waals surface area (Å²) in [5, 5.41) is 34.2. The number of fused-ring (bicyclic) bond motifs is 6. The maximum absolute atomic E-state index is 2.51. The van der Waals surface area contributed by atoms with Crippen LogP contribution in [-0.2, 0) is 0 Å². The second-order valence-electron chi connectivity index (χ2n) is 14.8. The second-order valence-corrected chi connectivity index (χ2v) is 20.1. The molecule has 0 saturated heterocycles. The van der Waals surface area contributed by atoms with Crippen molar-refractivity contribution in [2.45, 2.75) is 29.4 Å². The van der Waals surface area contributed by atoms with Crippen molar-refractivity contribution in [3.63, 3.8) is 0 Å². The van der Waals surface area contributed by atoms with E-state index >= 15 is 0 Å². The van der Waals surface area contributed by atoms with Gasteiger partial charge >= 0.3 is 0 Å². The smallest absolute Gasteiger partial charge is 0.00819 e. The topological polar surface area (TPSA) is 0 Å². The summed E-state index contributed by atoms with van der Waals surface area (Å²) in [6, 6.07) is 30.1. The number of benzene rings is 13. The van der Waals surface area contributed by atoms with Gasteiger partial charge in [0.2, 0.25) is 0 Å². The van der Waals surface area contributed by atoms with Crippen LogP contribution in [0.5, 0.6) is 0 Å². The Bertz CT molecular complexity index is 2900. The van der Waals surface area contributed by atoms with Crippen LogP contribution in [0.25, 0.3) is 129 Å². The lowest BCUT2D eigenvalue weighted by Gasteiger charge is -2.30. The number of rotatable bonds is 6. The van der Waals surface area contributed by atoms with Crippen molar-refractivity contribution in [2.24, 2.45) is 0 Å².